The van der Waals surface area contributed by atoms with Gasteiger partial charge < -0.3 is 15.2 Å². The molecule has 0 saturated heterocycles. The van der Waals surface area contributed by atoms with Gasteiger partial charge in [0.2, 0.25) is 5.91 Å². The van der Waals surface area contributed by atoms with E-state index in [4.69, 9.17) is 4.74 Å². The Labute approximate surface area is 140 Å². The first-order valence-corrected chi connectivity index (χ1v) is 7.95. The third kappa shape index (κ3) is 3.56. The second-order valence-electron chi connectivity index (χ2n) is 5.76. The average Bonchev–Trinajstić information content (AvgIpc) is 3.03. The Hall–Kier alpha value is -2.82. The lowest BCUT2D eigenvalue weighted by molar-refractivity contribution is -0.143. The third-order valence-electron chi connectivity index (χ3n) is 4.12. The summed E-state index contributed by atoms with van der Waals surface area (Å²) in [6.45, 7) is 1.10. The first-order chi connectivity index (χ1) is 11.6. The van der Waals surface area contributed by atoms with Crippen LogP contribution in [-0.4, -0.2) is 30.1 Å². The summed E-state index contributed by atoms with van der Waals surface area (Å²) in [4.78, 5) is 23.7. The maximum atomic E-state index is 12.2. The van der Waals surface area contributed by atoms with E-state index in [1.54, 1.807) is 30.3 Å². The fraction of sp³-hybridized carbons (Fsp3) is 0.263. The first-order valence-electron chi connectivity index (χ1n) is 7.95. The molecule has 1 amide bonds. The van der Waals surface area contributed by atoms with Crippen molar-refractivity contribution in [2.24, 2.45) is 0 Å². The summed E-state index contributed by atoms with van der Waals surface area (Å²) >= 11 is 0. The van der Waals surface area contributed by atoms with Crippen molar-refractivity contribution in [1.82, 2.24) is 5.32 Å². The Morgan fingerprint density at radius 3 is 2.71 bits per heavy atom. The maximum Gasteiger partial charge on any atom is 0.320 e. The van der Waals surface area contributed by atoms with E-state index < -0.39 is 17.8 Å². The summed E-state index contributed by atoms with van der Waals surface area (Å²) in [6, 6.07) is 14.6. The van der Waals surface area contributed by atoms with Gasteiger partial charge in [0.05, 0.1) is 6.61 Å². The lowest BCUT2D eigenvalue weighted by Gasteiger charge is -2.13. The average molecular weight is 325 g/mol. The highest BCUT2D eigenvalue weighted by Gasteiger charge is 2.27. The van der Waals surface area contributed by atoms with Gasteiger partial charge in [0.1, 0.15) is 5.75 Å². The van der Waals surface area contributed by atoms with Crippen LogP contribution in [0.15, 0.2) is 48.5 Å². The van der Waals surface area contributed by atoms with E-state index in [1.165, 1.54) is 5.56 Å². The van der Waals surface area contributed by atoms with Crippen LogP contribution in [0.25, 0.3) is 0 Å². The lowest BCUT2D eigenvalue weighted by atomic mass is 9.98. The van der Waals surface area contributed by atoms with E-state index in [-0.39, 0.29) is 0 Å². The number of benzene rings is 2. The SMILES string of the molecule is O=C(O)C(C(=O)NCCc1ccc2c(c1)OCC2)c1ccccc1. The fourth-order valence-corrected chi connectivity index (χ4v) is 2.85. The number of carbonyl (C=O) groups is 2. The smallest absolute Gasteiger partial charge is 0.320 e. The molecule has 0 aliphatic carbocycles. The monoisotopic (exact) mass is 325 g/mol. The molecule has 24 heavy (non-hydrogen) atoms. The minimum Gasteiger partial charge on any atom is -0.493 e. The summed E-state index contributed by atoms with van der Waals surface area (Å²) in [5.41, 5.74) is 2.74. The quantitative estimate of drug-likeness (QED) is 0.798. The molecule has 5 nitrogen and oxygen atoms in total. The molecule has 2 N–H and O–H groups in total. The van der Waals surface area contributed by atoms with E-state index in [1.807, 2.05) is 18.2 Å². The number of ether oxygens (including phenoxy) is 1. The van der Waals surface area contributed by atoms with Crippen LogP contribution in [-0.2, 0) is 22.4 Å². The highest BCUT2D eigenvalue weighted by atomic mass is 16.5. The molecule has 2 aromatic carbocycles. The molecule has 1 unspecified atom stereocenters. The number of carboxylic acids is 1. The molecular weight excluding hydrogens is 306 g/mol. The molecule has 0 bridgehead atoms. The number of hydrogen-bond acceptors (Lipinski definition) is 3. The van der Waals surface area contributed by atoms with E-state index >= 15 is 0 Å². The summed E-state index contributed by atoms with van der Waals surface area (Å²) in [5.74, 6) is -1.92. The van der Waals surface area contributed by atoms with Crippen LogP contribution in [0.4, 0.5) is 0 Å². The number of amides is 1. The van der Waals surface area contributed by atoms with Gasteiger partial charge in [0.15, 0.2) is 5.92 Å². The maximum absolute atomic E-state index is 12.2. The zero-order chi connectivity index (χ0) is 16.9. The van der Waals surface area contributed by atoms with Crippen LogP contribution in [0.3, 0.4) is 0 Å². The molecule has 124 valence electrons. The number of aliphatic carboxylic acids is 1. The van der Waals surface area contributed by atoms with E-state index in [0.717, 1.165) is 17.7 Å². The number of rotatable bonds is 6. The molecule has 0 saturated carbocycles. The Morgan fingerprint density at radius 1 is 1.17 bits per heavy atom. The number of hydrogen-bond donors (Lipinski definition) is 2. The number of nitrogens with one attached hydrogen (secondary N) is 1. The van der Waals surface area contributed by atoms with Gasteiger partial charge in [0, 0.05) is 13.0 Å². The van der Waals surface area contributed by atoms with Crippen LogP contribution in [0, 0.1) is 0 Å². The predicted molar refractivity (Wildman–Crippen MR) is 89.2 cm³/mol. The van der Waals surface area contributed by atoms with Gasteiger partial charge in [-0.15, -0.1) is 0 Å². The first kappa shape index (κ1) is 16.1. The van der Waals surface area contributed by atoms with E-state index in [2.05, 4.69) is 5.32 Å². The largest absolute Gasteiger partial charge is 0.493 e. The lowest BCUT2D eigenvalue weighted by Crippen LogP contribution is -2.34. The minimum atomic E-state index is -1.19. The highest BCUT2D eigenvalue weighted by Crippen LogP contribution is 2.26. The molecule has 1 aliphatic heterocycles. The molecule has 0 aromatic heterocycles. The molecule has 0 spiro atoms. The van der Waals surface area contributed by atoms with Gasteiger partial charge in [0.25, 0.3) is 0 Å². The fourth-order valence-electron chi connectivity index (χ4n) is 2.85. The predicted octanol–water partition coefficient (Wildman–Crippen LogP) is 2.15. The van der Waals surface area contributed by atoms with Crippen molar-refractivity contribution in [2.45, 2.75) is 18.8 Å². The molecule has 1 aliphatic rings. The van der Waals surface area contributed by atoms with Crippen molar-refractivity contribution in [2.75, 3.05) is 13.2 Å². The summed E-state index contributed by atoms with van der Waals surface area (Å²) in [6.07, 6.45) is 1.56. The zero-order valence-corrected chi connectivity index (χ0v) is 13.2. The van der Waals surface area contributed by atoms with Gasteiger partial charge in [-0.25, -0.2) is 0 Å². The second-order valence-corrected chi connectivity index (χ2v) is 5.76. The van der Waals surface area contributed by atoms with Gasteiger partial charge in [-0.1, -0.05) is 42.5 Å². The Bertz CT molecular complexity index is 742. The highest BCUT2D eigenvalue weighted by molar-refractivity contribution is 6.02. The standard InChI is InChI=1S/C19H19NO4/c21-18(17(19(22)23)15-4-2-1-3-5-15)20-10-8-13-6-7-14-9-11-24-16(14)12-13/h1-7,12,17H,8-11H2,(H,20,21)(H,22,23). The molecule has 0 fully saturated rings. The van der Waals surface area contributed by atoms with Gasteiger partial charge in [-0.3, -0.25) is 9.59 Å². The van der Waals surface area contributed by atoms with Crippen molar-refractivity contribution < 1.29 is 19.4 Å². The van der Waals surface area contributed by atoms with Crippen molar-refractivity contribution in [3.8, 4) is 5.75 Å². The van der Waals surface area contributed by atoms with Gasteiger partial charge >= 0.3 is 5.97 Å². The molecular formula is C19H19NO4. The summed E-state index contributed by atoms with van der Waals surface area (Å²) in [5, 5.41) is 12.1. The summed E-state index contributed by atoms with van der Waals surface area (Å²) < 4.78 is 5.53. The third-order valence-corrected chi connectivity index (χ3v) is 4.12. The van der Waals surface area contributed by atoms with Gasteiger partial charge in [-0.2, -0.15) is 0 Å². The number of carbonyl (C=O) groups excluding carboxylic acids is 1. The van der Waals surface area contributed by atoms with Crippen molar-refractivity contribution in [3.05, 3.63) is 65.2 Å². The molecule has 0 radical (unpaired) electrons. The topological polar surface area (TPSA) is 75.6 Å². The van der Waals surface area contributed by atoms with Crippen molar-refractivity contribution in [3.63, 3.8) is 0 Å². The molecule has 5 heteroatoms. The Morgan fingerprint density at radius 2 is 1.96 bits per heavy atom. The van der Waals surface area contributed by atoms with Crippen LogP contribution >= 0.6 is 0 Å². The van der Waals surface area contributed by atoms with E-state index in [9.17, 15) is 14.7 Å². The molecule has 2 aromatic rings. The molecule has 3 rings (SSSR count). The van der Waals surface area contributed by atoms with Gasteiger partial charge in [-0.05, 0) is 29.2 Å². The van der Waals surface area contributed by atoms with Crippen molar-refractivity contribution >= 4 is 11.9 Å². The van der Waals surface area contributed by atoms with Crippen LogP contribution in [0.5, 0.6) is 5.75 Å². The molecule has 1 atom stereocenters. The second kappa shape index (κ2) is 7.17. The Balaban J connectivity index is 1.59. The normalized spacial score (nSPS) is 13.7. The van der Waals surface area contributed by atoms with Crippen LogP contribution in [0.1, 0.15) is 22.6 Å². The molecule has 1 heterocycles. The van der Waals surface area contributed by atoms with Crippen molar-refractivity contribution in [1.29, 1.82) is 0 Å². The zero-order valence-electron chi connectivity index (χ0n) is 13.2. The number of fused-ring (bicyclic) bond motifs is 1. The minimum absolute atomic E-state index is 0.383. The van der Waals surface area contributed by atoms with E-state index in [0.29, 0.717) is 25.1 Å². The Kier molecular flexibility index (Phi) is 4.79. The summed E-state index contributed by atoms with van der Waals surface area (Å²) in [7, 11) is 0. The van der Waals surface area contributed by atoms with Crippen LogP contribution in [0.2, 0.25) is 0 Å². The number of carboxylic acid groups (broad SMARTS) is 1. The van der Waals surface area contributed by atoms with Crippen LogP contribution < -0.4 is 10.1 Å².